The van der Waals surface area contributed by atoms with Crippen LogP contribution in [0.1, 0.15) is 32.9 Å². The molecule has 108 valence electrons. The Labute approximate surface area is 114 Å². The first-order chi connectivity index (χ1) is 8.92. The number of aryl methyl sites for hydroxylation is 1. The molecule has 0 spiro atoms. The first-order valence-corrected chi connectivity index (χ1v) is 6.37. The van der Waals surface area contributed by atoms with Gasteiger partial charge in [0.15, 0.2) is 0 Å². The maximum absolute atomic E-state index is 11.5. The number of nitrogens with zero attached hydrogens (tertiary/aromatic N) is 2. The average Bonchev–Trinajstić information content (AvgIpc) is 2.72. The largest absolute Gasteiger partial charge is 0.444 e. The Hall–Kier alpha value is -1.56. The molecule has 1 aromatic heterocycles. The topological polar surface area (TPSA) is 65.4 Å². The van der Waals surface area contributed by atoms with E-state index >= 15 is 0 Å². The smallest absolute Gasteiger partial charge is 0.407 e. The molecule has 0 aliphatic heterocycles. The van der Waals surface area contributed by atoms with Gasteiger partial charge in [-0.1, -0.05) is 0 Å². The molecule has 0 radical (unpaired) electrons. The Morgan fingerprint density at radius 2 is 2.21 bits per heavy atom. The van der Waals surface area contributed by atoms with Crippen molar-refractivity contribution in [2.45, 2.75) is 45.9 Å². The molecule has 1 N–H and O–H groups in total. The van der Waals surface area contributed by atoms with Gasteiger partial charge < -0.3 is 19.4 Å². The SMILES string of the molecule is COCCCn1cncc1CNC(=O)OC(C)(C)C. The van der Waals surface area contributed by atoms with E-state index in [-0.39, 0.29) is 0 Å². The maximum Gasteiger partial charge on any atom is 0.407 e. The molecule has 1 aromatic rings. The van der Waals surface area contributed by atoms with Crippen molar-refractivity contribution in [3.05, 3.63) is 18.2 Å². The van der Waals surface area contributed by atoms with Gasteiger partial charge in [0.05, 0.1) is 18.6 Å². The van der Waals surface area contributed by atoms with E-state index in [1.807, 2.05) is 25.3 Å². The van der Waals surface area contributed by atoms with Gasteiger partial charge in [-0.2, -0.15) is 0 Å². The van der Waals surface area contributed by atoms with Gasteiger partial charge in [-0.3, -0.25) is 0 Å². The fraction of sp³-hybridized carbons (Fsp3) is 0.692. The lowest BCUT2D eigenvalue weighted by molar-refractivity contribution is 0.0522. The van der Waals surface area contributed by atoms with Crippen molar-refractivity contribution in [1.29, 1.82) is 0 Å². The predicted molar refractivity (Wildman–Crippen MR) is 71.8 cm³/mol. The number of aromatic nitrogens is 2. The highest BCUT2D eigenvalue weighted by atomic mass is 16.6. The van der Waals surface area contributed by atoms with E-state index in [2.05, 4.69) is 10.3 Å². The van der Waals surface area contributed by atoms with E-state index in [9.17, 15) is 4.79 Å². The van der Waals surface area contributed by atoms with Crippen LogP contribution in [0.2, 0.25) is 0 Å². The number of rotatable bonds is 6. The average molecular weight is 269 g/mol. The van der Waals surface area contributed by atoms with E-state index < -0.39 is 11.7 Å². The summed E-state index contributed by atoms with van der Waals surface area (Å²) in [4.78, 5) is 15.6. The molecule has 6 heteroatoms. The second-order valence-electron chi connectivity index (χ2n) is 5.28. The molecule has 0 fully saturated rings. The molecule has 19 heavy (non-hydrogen) atoms. The number of hydrogen-bond donors (Lipinski definition) is 1. The van der Waals surface area contributed by atoms with Crippen molar-refractivity contribution in [3.63, 3.8) is 0 Å². The van der Waals surface area contributed by atoms with Crippen LogP contribution in [-0.2, 0) is 22.6 Å². The van der Waals surface area contributed by atoms with Crippen molar-refractivity contribution in [3.8, 4) is 0 Å². The van der Waals surface area contributed by atoms with Crippen LogP contribution in [0.4, 0.5) is 4.79 Å². The first kappa shape index (κ1) is 15.5. The van der Waals surface area contributed by atoms with Crippen molar-refractivity contribution in [2.75, 3.05) is 13.7 Å². The zero-order chi connectivity index (χ0) is 14.3. The molecule has 0 aliphatic rings. The van der Waals surface area contributed by atoms with Gasteiger partial charge in [0.1, 0.15) is 5.60 Å². The lowest BCUT2D eigenvalue weighted by Gasteiger charge is -2.19. The van der Waals surface area contributed by atoms with Gasteiger partial charge in [-0.25, -0.2) is 9.78 Å². The van der Waals surface area contributed by atoms with Crippen LogP contribution in [-0.4, -0.2) is 35.0 Å². The summed E-state index contributed by atoms with van der Waals surface area (Å²) in [6.45, 7) is 7.43. The highest BCUT2D eigenvalue weighted by Crippen LogP contribution is 2.07. The summed E-state index contributed by atoms with van der Waals surface area (Å²) >= 11 is 0. The quantitative estimate of drug-likeness (QED) is 0.802. The van der Waals surface area contributed by atoms with Crippen LogP contribution in [0.5, 0.6) is 0 Å². The van der Waals surface area contributed by atoms with Gasteiger partial charge in [0.25, 0.3) is 0 Å². The third-order valence-electron chi connectivity index (χ3n) is 2.36. The highest BCUT2D eigenvalue weighted by molar-refractivity contribution is 5.67. The van der Waals surface area contributed by atoms with Crippen molar-refractivity contribution in [1.82, 2.24) is 14.9 Å². The number of methoxy groups -OCH3 is 1. The summed E-state index contributed by atoms with van der Waals surface area (Å²) in [7, 11) is 1.68. The summed E-state index contributed by atoms with van der Waals surface area (Å²) in [6.07, 6.45) is 3.98. The Morgan fingerprint density at radius 3 is 2.84 bits per heavy atom. The zero-order valence-corrected chi connectivity index (χ0v) is 12.1. The van der Waals surface area contributed by atoms with Crippen molar-refractivity contribution < 1.29 is 14.3 Å². The molecular formula is C13H23N3O3. The van der Waals surface area contributed by atoms with Crippen LogP contribution in [0.3, 0.4) is 0 Å². The standard InChI is InChI=1S/C13H23N3O3/c1-13(2,3)19-12(17)15-9-11-8-14-10-16(11)6-5-7-18-4/h8,10H,5-7,9H2,1-4H3,(H,15,17). The minimum Gasteiger partial charge on any atom is -0.444 e. The van der Waals surface area contributed by atoms with E-state index in [1.54, 1.807) is 19.6 Å². The van der Waals surface area contributed by atoms with E-state index in [1.165, 1.54) is 0 Å². The number of alkyl carbamates (subject to hydrolysis) is 1. The Morgan fingerprint density at radius 1 is 1.47 bits per heavy atom. The van der Waals surface area contributed by atoms with Crippen LogP contribution in [0.15, 0.2) is 12.5 Å². The molecular weight excluding hydrogens is 246 g/mol. The molecule has 0 aliphatic carbocycles. The van der Waals surface area contributed by atoms with Gasteiger partial charge >= 0.3 is 6.09 Å². The number of carbonyl (C=O) groups excluding carboxylic acids is 1. The molecule has 1 heterocycles. The molecule has 0 saturated carbocycles. The lowest BCUT2D eigenvalue weighted by atomic mass is 10.2. The number of ether oxygens (including phenoxy) is 2. The van der Waals surface area contributed by atoms with Gasteiger partial charge in [0.2, 0.25) is 0 Å². The van der Waals surface area contributed by atoms with E-state index in [0.717, 1.165) is 18.7 Å². The van der Waals surface area contributed by atoms with E-state index in [4.69, 9.17) is 9.47 Å². The Kier molecular flexibility index (Phi) is 5.82. The molecule has 0 atom stereocenters. The third kappa shape index (κ3) is 6.24. The van der Waals surface area contributed by atoms with Crippen LogP contribution >= 0.6 is 0 Å². The highest BCUT2D eigenvalue weighted by Gasteiger charge is 2.16. The second kappa shape index (κ2) is 7.13. The number of nitrogens with one attached hydrogen (secondary N) is 1. The van der Waals surface area contributed by atoms with Crippen molar-refractivity contribution in [2.24, 2.45) is 0 Å². The number of amides is 1. The van der Waals surface area contributed by atoms with Gasteiger partial charge in [0, 0.05) is 26.5 Å². The molecule has 0 bridgehead atoms. The Balaban J connectivity index is 2.41. The summed E-state index contributed by atoms with van der Waals surface area (Å²) in [5, 5.41) is 2.72. The minimum atomic E-state index is -0.483. The zero-order valence-electron chi connectivity index (χ0n) is 12.1. The molecule has 1 rings (SSSR count). The predicted octanol–water partition coefficient (Wildman–Crippen LogP) is 1.94. The molecule has 0 aromatic carbocycles. The molecule has 0 unspecified atom stereocenters. The summed E-state index contributed by atoms with van der Waals surface area (Å²) < 4.78 is 12.2. The maximum atomic E-state index is 11.5. The lowest BCUT2D eigenvalue weighted by Crippen LogP contribution is -2.32. The molecule has 6 nitrogen and oxygen atoms in total. The Bertz CT molecular complexity index is 396. The fourth-order valence-corrected chi connectivity index (χ4v) is 1.55. The number of hydrogen-bond acceptors (Lipinski definition) is 4. The molecule has 1 amide bonds. The number of carbonyl (C=O) groups is 1. The number of imidazole rings is 1. The monoisotopic (exact) mass is 269 g/mol. The van der Waals surface area contributed by atoms with Crippen LogP contribution in [0.25, 0.3) is 0 Å². The summed E-state index contributed by atoms with van der Waals surface area (Å²) in [5.41, 5.74) is 0.463. The van der Waals surface area contributed by atoms with Gasteiger partial charge in [-0.05, 0) is 27.2 Å². The summed E-state index contributed by atoms with van der Waals surface area (Å²) in [6, 6.07) is 0. The second-order valence-corrected chi connectivity index (χ2v) is 5.28. The fourth-order valence-electron chi connectivity index (χ4n) is 1.55. The van der Waals surface area contributed by atoms with Crippen molar-refractivity contribution >= 4 is 6.09 Å². The summed E-state index contributed by atoms with van der Waals surface area (Å²) in [5.74, 6) is 0. The minimum absolute atomic E-state index is 0.405. The van der Waals surface area contributed by atoms with Crippen LogP contribution < -0.4 is 5.32 Å². The first-order valence-electron chi connectivity index (χ1n) is 6.37. The van der Waals surface area contributed by atoms with Crippen LogP contribution in [0, 0.1) is 0 Å². The normalized spacial score (nSPS) is 11.4. The third-order valence-corrected chi connectivity index (χ3v) is 2.36. The van der Waals surface area contributed by atoms with Gasteiger partial charge in [-0.15, -0.1) is 0 Å². The van der Waals surface area contributed by atoms with E-state index in [0.29, 0.717) is 13.2 Å². The molecule has 0 saturated heterocycles.